The van der Waals surface area contributed by atoms with E-state index < -0.39 is 40.9 Å². The van der Waals surface area contributed by atoms with Gasteiger partial charge < -0.3 is 0 Å². The van der Waals surface area contributed by atoms with Crippen molar-refractivity contribution in [3.63, 3.8) is 0 Å². The minimum Gasteiger partial charge on any atom is -0.288 e. The molecule has 178 valence electrons. The summed E-state index contributed by atoms with van der Waals surface area (Å²) in [7, 11) is 0. The number of aryl methyl sites for hydroxylation is 1. The molecule has 0 aliphatic rings. The number of halogens is 7. The average Bonchev–Trinajstić information content (AvgIpc) is 3.36. The molecule has 4 rings (SSSR count). The van der Waals surface area contributed by atoms with Crippen LogP contribution in [0, 0.1) is 12.7 Å². The smallest absolute Gasteiger partial charge is 0.288 e. The highest BCUT2D eigenvalue weighted by molar-refractivity contribution is 6.31. The first-order valence-electron chi connectivity index (χ1n) is 9.33. The largest absolute Gasteiger partial charge is 0.459 e. The number of hydrogen-bond acceptors (Lipinski definition) is 5. The van der Waals surface area contributed by atoms with Crippen LogP contribution in [0.2, 0.25) is 5.02 Å². The monoisotopic (exact) mass is 503 g/mol. The Bertz CT molecular complexity index is 1380. The van der Waals surface area contributed by atoms with Crippen molar-refractivity contribution in [1.82, 2.24) is 29.4 Å². The van der Waals surface area contributed by atoms with E-state index in [4.69, 9.17) is 11.6 Å². The molecule has 15 heteroatoms. The highest BCUT2D eigenvalue weighted by atomic mass is 35.5. The minimum absolute atomic E-state index is 0.109. The SMILES string of the molecule is Cc1cc(C(F)(F)C(F)(F)F)n2nc(C(=O)Nc3ncn(Cc4c(F)cccc4Cl)n3)cc2n1. The van der Waals surface area contributed by atoms with Gasteiger partial charge in [-0.3, -0.25) is 10.1 Å². The molecular weight excluding hydrogens is 492 g/mol. The number of benzene rings is 1. The van der Waals surface area contributed by atoms with Crippen molar-refractivity contribution in [1.29, 1.82) is 0 Å². The van der Waals surface area contributed by atoms with Crippen LogP contribution in [0.15, 0.2) is 36.7 Å². The maximum Gasteiger partial charge on any atom is 0.459 e. The van der Waals surface area contributed by atoms with Gasteiger partial charge in [0, 0.05) is 22.3 Å². The van der Waals surface area contributed by atoms with Gasteiger partial charge in [-0.1, -0.05) is 17.7 Å². The van der Waals surface area contributed by atoms with E-state index in [2.05, 4.69) is 25.5 Å². The summed E-state index contributed by atoms with van der Waals surface area (Å²) in [5.41, 5.74) is -2.40. The van der Waals surface area contributed by atoms with Crippen LogP contribution in [0.3, 0.4) is 0 Å². The van der Waals surface area contributed by atoms with Crippen LogP contribution in [0.5, 0.6) is 0 Å². The first kappa shape index (κ1) is 23.5. The van der Waals surface area contributed by atoms with Crippen LogP contribution >= 0.6 is 11.6 Å². The molecule has 0 aliphatic heterocycles. The predicted octanol–water partition coefficient (Wildman–Crippen LogP) is 4.38. The molecule has 1 aromatic carbocycles. The van der Waals surface area contributed by atoms with Crippen molar-refractivity contribution in [3.05, 3.63) is 70.1 Å². The molecule has 3 aromatic heterocycles. The molecule has 0 saturated carbocycles. The summed E-state index contributed by atoms with van der Waals surface area (Å²) in [5.74, 6) is -7.06. The van der Waals surface area contributed by atoms with Gasteiger partial charge in [-0.05, 0) is 25.1 Å². The molecule has 0 atom stereocenters. The lowest BCUT2D eigenvalue weighted by atomic mass is 10.2. The second-order valence-corrected chi connectivity index (χ2v) is 7.48. The van der Waals surface area contributed by atoms with E-state index in [1.807, 2.05) is 0 Å². The van der Waals surface area contributed by atoms with Crippen molar-refractivity contribution in [2.24, 2.45) is 0 Å². The summed E-state index contributed by atoms with van der Waals surface area (Å²) < 4.78 is 82.1. The molecular formula is C19H12ClF6N7O. The van der Waals surface area contributed by atoms with Gasteiger partial charge in [0.2, 0.25) is 5.95 Å². The van der Waals surface area contributed by atoms with E-state index in [1.165, 1.54) is 36.1 Å². The molecule has 1 N–H and O–H groups in total. The van der Waals surface area contributed by atoms with Gasteiger partial charge >= 0.3 is 12.1 Å². The molecule has 0 spiro atoms. The normalized spacial score (nSPS) is 12.4. The number of anilines is 1. The van der Waals surface area contributed by atoms with Crippen LogP contribution in [-0.2, 0) is 12.5 Å². The zero-order valence-electron chi connectivity index (χ0n) is 16.9. The number of fused-ring (bicyclic) bond motifs is 1. The van der Waals surface area contributed by atoms with Crippen LogP contribution < -0.4 is 5.32 Å². The Kier molecular flexibility index (Phi) is 5.71. The number of rotatable bonds is 5. The van der Waals surface area contributed by atoms with Crippen molar-refractivity contribution < 1.29 is 31.1 Å². The summed E-state index contributed by atoms with van der Waals surface area (Å²) in [6.07, 6.45) is -4.71. The molecule has 0 radical (unpaired) electrons. The van der Waals surface area contributed by atoms with Gasteiger partial charge in [0.15, 0.2) is 11.3 Å². The summed E-state index contributed by atoms with van der Waals surface area (Å²) >= 11 is 5.96. The maximum absolute atomic E-state index is 14.0. The van der Waals surface area contributed by atoms with E-state index in [0.29, 0.717) is 6.07 Å². The fraction of sp³-hybridized carbons (Fsp3) is 0.211. The number of amides is 1. The minimum atomic E-state index is -5.89. The summed E-state index contributed by atoms with van der Waals surface area (Å²) in [4.78, 5) is 20.2. The van der Waals surface area contributed by atoms with Gasteiger partial charge in [0.1, 0.15) is 17.8 Å². The lowest BCUT2D eigenvalue weighted by molar-refractivity contribution is -0.291. The van der Waals surface area contributed by atoms with E-state index in [1.54, 1.807) is 0 Å². The lowest BCUT2D eigenvalue weighted by Crippen LogP contribution is -2.36. The number of nitrogens with zero attached hydrogens (tertiary/aromatic N) is 6. The zero-order valence-corrected chi connectivity index (χ0v) is 17.7. The predicted molar refractivity (Wildman–Crippen MR) is 106 cm³/mol. The van der Waals surface area contributed by atoms with Crippen LogP contribution in [0.25, 0.3) is 5.65 Å². The van der Waals surface area contributed by atoms with Gasteiger partial charge in [-0.2, -0.15) is 27.1 Å². The molecule has 8 nitrogen and oxygen atoms in total. The third-order valence-electron chi connectivity index (χ3n) is 4.61. The number of hydrogen-bond donors (Lipinski definition) is 1. The number of carbonyl (C=O) groups excluding carboxylic acids is 1. The average molecular weight is 504 g/mol. The molecule has 4 aromatic rings. The van der Waals surface area contributed by atoms with Crippen molar-refractivity contribution in [2.45, 2.75) is 25.6 Å². The highest BCUT2D eigenvalue weighted by Gasteiger charge is 2.60. The third-order valence-corrected chi connectivity index (χ3v) is 4.96. The summed E-state index contributed by atoms with van der Waals surface area (Å²) in [6, 6.07) is 5.59. The van der Waals surface area contributed by atoms with Gasteiger partial charge in [-0.15, -0.1) is 5.10 Å². The summed E-state index contributed by atoms with van der Waals surface area (Å²) in [5, 5.41) is 9.89. The topological polar surface area (TPSA) is 90.0 Å². The molecule has 3 heterocycles. The Hall–Kier alpha value is -3.68. The van der Waals surface area contributed by atoms with E-state index >= 15 is 0 Å². The van der Waals surface area contributed by atoms with Gasteiger partial charge in [0.05, 0.1) is 6.54 Å². The van der Waals surface area contributed by atoms with Crippen LogP contribution in [0.4, 0.5) is 32.3 Å². The quantitative estimate of drug-likeness (QED) is 0.408. The second-order valence-electron chi connectivity index (χ2n) is 7.07. The fourth-order valence-electron chi connectivity index (χ4n) is 3.02. The molecule has 0 bridgehead atoms. The number of nitrogens with one attached hydrogen (secondary N) is 1. The molecule has 0 saturated heterocycles. The maximum atomic E-state index is 14.0. The number of alkyl halides is 5. The second kappa shape index (κ2) is 8.27. The Balaban J connectivity index is 1.59. The van der Waals surface area contributed by atoms with Gasteiger partial charge in [0.25, 0.3) is 5.91 Å². The Labute approximate surface area is 191 Å². The Morgan fingerprint density at radius 1 is 1.15 bits per heavy atom. The first-order chi connectivity index (χ1) is 15.9. The van der Waals surface area contributed by atoms with E-state index in [0.717, 1.165) is 6.07 Å². The summed E-state index contributed by atoms with van der Waals surface area (Å²) in [6.45, 7) is 1.11. The Morgan fingerprint density at radius 2 is 1.88 bits per heavy atom. The van der Waals surface area contributed by atoms with E-state index in [9.17, 15) is 31.1 Å². The van der Waals surface area contributed by atoms with Gasteiger partial charge in [-0.25, -0.2) is 23.6 Å². The standard InChI is InChI=1S/C19H12ClF6N7O/c1-9-5-14(18(22,23)19(24,25)26)33-15(28-9)6-13(30-33)16(34)29-17-27-8-32(31-17)7-10-11(20)3-2-4-12(10)21/h2-6,8H,7H2,1H3,(H,29,31,34). The van der Waals surface area contributed by atoms with Crippen LogP contribution in [0.1, 0.15) is 27.4 Å². The van der Waals surface area contributed by atoms with E-state index in [-0.39, 0.29) is 33.3 Å². The fourth-order valence-corrected chi connectivity index (χ4v) is 3.24. The first-order valence-corrected chi connectivity index (χ1v) is 9.71. The molecule has 0 unspecified atom stereocenters. The zero-order chi connectivity index (χ0) is 24.8. The molecule has 0 fully saturated rings. The molecule has 34 heavy (non-hydrogen) atoms. The molecule has 1 amide bonds. The van der Waals surface area contributed by atoms with Crippen molar-refractivity contribution in [3.8, 4) is 0 Å². The van der Waals surface area contributed by atoms with Crippen molar-refractivity contribution >= 4 is 29.1 Å². The van der Waals surface area contributed by atoms with Crippen molar-refractivity contribution in [2.75, 3.05) is 5.32 Å². The number of aromatic nitrogens is 6. The lowest BCUT2D eigenvalue weighted by Gasteiger charge is -2.20. The van der Waals surface area contributed by atoms with Crippen LogP contribution in [-0.4, -0.2) is 41.4 Å². The highest BCUT2D eigenvalue weighted by Crippen LogP contribution is 2.43. The third kappa shape index (κ3) is 4.27. The number of carbonyl (C=O) groups is 1. The Morgan fingerprint density at radius 3 is 2.56 bits per heavy atom. The molecule has 0 aliphatic carbocycles.